The molecule has 196 valence electrons. The Morgan fingerprint density at radius 3 is 2.30 bits per heavy atom. The van der Waals surface area contributed by atoms with Gasteiger partial charge in [-0.15, -0.1) is 10.2 Å². The van der Waals surface area contributed by atoms with Crippen molar-refractivity contribution < 1.29 is 17.6 Å². The largest absolute Gasteiger partial charge is 0.390 e. The van der Waals surface area contributed by atoms with Crippen molar-refractivity contribution in [1.29, 1.82) is 0 Å². The number of hydrogen-bond donors (Lipinski definition) is 0. The van der Waals surface area contributed by atoms with E-state index in [1.54, 1.807) is 36.4 Å². The van der Waals surface area contributed by atoms with Crippen LogP contribution in [0.2, 0.25) is 5.02 Å². The molecule has 2 heterocycles. The van der Waals surface area contributed by atoms with Crippen molar-refractivity contribution >= 4 is 11.6 Å². The zero-order chi connectivity index (χ0) is 26.9. The Labute approximate surface area is 215 Å². The van der Waals surface area contributed by atoms with Gasteiger partial charge in [0, 0.05) is 17.1 Å². The maximum absolute atomic E-state index is 14.5. The topological polar surface area (TPSA) is 70.5 Å². The van der Waals surface area contributed by atoms with Gasteiger partial charge in [0.2, 0.25) is 0 Å². The number of para-hydroxylation sites is 1. The van der Waals surface area contributed by atoms with Crippen LogP contribution in [-0.4, -0.2) is 35.3 Å². The van der Waals surface area contributed by atoms with E-state index in [4.69, 9.17) is 11.6 Å². The molecule has 0 spiro atoms. The third-order valence-corrected chi connectivity index (χ3v) is 6.01. The minimum Gasteiger partial charge on any atom is -0.275 e. The van der Waals surface area contributed by atoms with Crippen LogP contribution < -0.4 is 5.69 Å². The molecule has 4 rings (SSSR count). The highest BCUT2D eigenvalue weighted by molar-refractivity contribution is 6.30. The molecule has 0 amide bonds. The maximum atomic E-state index is 14.5. The predicted molar refractivity (Wildman–Crippen MR) is 132 cm³/mol. The van der Waals surface area contributed by atoms with Crippen molar-refractivity contribution in [3.05, 3.63) is 81.3 Å². The van der Waals surface area contributed by atoms with E-state index < -0.39 is 31.0 Å². The monoisotopic (exact) mass is 536 g/mol. The van der Waals surface area contributed by atoms with Gasteiger partial charge < -0.3 is 0 Å². The number of alkyl halides is 4. The fraction of sp³-hybridized carbons (Fsp3) is 0.360. The smallest absolute Gasteiger partial charge is 0.275 e. The first-order valence-corrected chi connectivity index (χ1v) is 12.0. The van der Waals surface area contributed by atoms with Crippen LogP contribution >= 0.6 is 11.6 Å². The van der Waals surface area contributed by atoms with Gasteiger partial charge in [-0.1, -0.05) is 43.6 Å². The van der Waals surface area contributed by atoms with Gasteiger partial charge in [-0.2, -0.15) is 13.2 Å². The van der Waals surface area contributed by atoms with E-state index >= 15 is 0 Å². The predicted octanol–water partition coefficient (Wildman–Crippen LogP) is 6.10. The normalized spacial score (nSPS) is 12.9. The minimum absolute atomic E-state index is 0.0468. The van der Waals surface area contributed by atoms with Crippen LogP contribution in [0.4, 0.5) is 17.6 Å². The van der Waals surface area contributed by atoms with Gasteiger partial charge >= 0.3 is 11.9 Å². The van der Waals surface area contributed by atoms with Gasteiger partial charge in [0.25, 0.3) is 0 Å². The molecule has 12 heteroatoms. The number of nitrogens with zero attached hydrogens (tertiary/aromatic N) is 6. The minimum atomic E-state index is -4.46. The van der Waals surface area contributed by atoms with Gasteiger partial charge in [0.1, 0.15) is 6.54 Å². The standard InChI is InChI=1S/C25H25ClF4N6O/c1-15(2)19-6-4-5-7-20(19)36-22(16(3)27)31-21(32-36)14-35-24(37)34(13-12-25(28,29)30)23(33-35)17-8-10-18(26)11-9-17/h4-11,15-16H,12-14H2,1-3H3. The van der Waals surface area contributed by atoms with E-state index in [9.17, 15) is 22.4 Å². The summed E-state index contributed by atoms with van der Waals surface area (Å²) in [6, 6.07) is 13.6. The van der Waals surface area contributed by atoms with Crippen molar-refractivity contribution in [1.82, 2.24) is 29.1 Å². The highest BCUT2D eigenvalue weighted by Crippen LogP contribution is 2.27. The first kappa shape index (κ1) is 26.6. The fourth-order valence-electron chi connectivity index (χ4n) is 3.97. The van der Waals surface area contributed by atoms with E-state index in [0.29, 0.717) is 16.3 Å². The molecule has 0 saturated carbocycles. The second-order valence-corrected chi connectivity index (χ2v) is 9.35. The van der Waals surface area contributed by atoms with E-state index in [2.05, 4.69) is 15.2 Å². The maximum Gasteiger partial charge on any atom is 0.390 e. The molecule has 0 fully saturated rings. The number of benzene rings is 2. The summed E-state index contributed by atoms with van der Waals surface area (Å²) in [5, 5.41) is 9.16. The van der Waals surface area contributed by atoms with Gasteiger partial charge in [0.05, 0.1) is 12.1 Å². The van der Waals surface area contributed by atoms with Crippen molar-refractivity contribution in [2.75, 3.05) is 0 Å². The van der Waals surface area contributed by atoms with E-state index in [1.165, 1.54) is 11.6 Å². The highest BCUT2D eigenvalue weighted by atomic mass is 35.5. The molecule has 0 bridgehead atoms. The summed E-state index contributed by atoms with van der Waals surface area (Å²) in [5.74, 6) is 0.323. The van der Waals surface area contributed by atoms with Gasteiger partial charge in [-0.3, -0.25) is 4.57 Å². The van der Waals surface area contributed by atoms with Gasteiger partial charge in [-0.05, 0) is 48.7 Å². The molecule has 2 aromatic heterocycles. The van der Waals surface area contributed by atoms with Crippen LogP contribution in [0.15, 0.2) is 53.3 Å². The zero-order valence-corrected chi connectivity index (χ0v) is 21.1. The molecular formula is C25H25ClF4N6O. The lowest BCUT2D eigenvalue weighted by molar-refractivity contribution is -0.136. The van der Waals surface area contributed by atoms with Crippen molar-refractivity contribution in [3.63, 3.8) is 0 Å². The van der Waals surface area contributed by atoms with Gasteiger partial charge in [0.15, 0.2) is 23.6 Å². The quantitative estimate of drug-likeness (QED) is 0.255. The third-order valence-electron chi connectivity index (χ3n) is 5.75. The lowest BCUT2D eigenvalue weighted by atomic mass is 10.0. The summed E-state index contributed by atoms with van der Waals surface area (Å²) in [6.07, 6.45) is -7.14. The van der Waals surface area contributed by atoms with Crippen LogP contribution in [0.25, 0.3) is 17.1 Å². The Balaban J connectivity index is 1.77. The molecule has 4 aromatic rings. The average molecular weight is 537 g/mol. The lowest BCUT2D eigenvalue weighted by Gasteiger charge is -2.14. The fourth-order valence-corrected chi connectivity index (χ4v) is 4.10. The summed E-state index contributed by atoms with van der Waals surface area (Å²) in [7, 11) is 0. The molecule has 0 radical (unpaired) electrons. The Hall–Kier alpha value is -3.47. The Morgan fingerprint density at radius 2 is 1.68 bits per heavy atom. The number of halogens is 5. The summed E-state index contributed by atoms with van der Waals surface area (Å²) >= 11 is 5.94. The molecule has 1 atom stereocenters. The van der Waals surface area contributed by atoms with E-state index in [1.807, 2.05) is 26.0 Å². The Kier molecular flexibility index (Phi) is 7.54. The van der Waals surface area contributed by atoms with Crippen LogP contribution in [0.3, 0.4) is 0 Å². The van der Waals surface area contributed by atoms with E-state index in [-0.39, 0.29) is 29.9 Å². The number of rotatable bonds is 8. The average Bonchev–Trinajstić information content (AvgIpc) is 3.39. The molecule has 1 unspecified atom stereocenters. The molecule has 0 saturated heterocycles. The number of hydrogen-bond acceptors (Lipinski definition) is 4. The molecule has 0 aliphatic rings. The first-order chi connectivity index (χ1) is 17.4. The zero-order valence-electron chi connectivity index (χ0n) is 20.4. The summed E-state index contributed by atoms with van der Waals surface area (Å²) in [5.41, 5.74) is 1.24. The molecule has 37 heavy (non-hydrogen) atoms. The van der Waals surface area contributed by atoms with Crippen LogP contribution in [-0.2, 0) is 13.1 Å². The summed E-state index contributed by atoms with van der Waals surface area (Å²) in [4.78, 5) is 17.4. The SMILES string of the molecule is CC(C)c1ccccc1-n1nc(Cn2nc(-c3ccc(Cl)cc3)n(CCC(F)(F)F)c2=O)nc1C(C)F. The highest BCUT2D eigenvalue weighted by Gasteiger charge is 2.29. The molecule has 0 aliphatic carbocycles. The van der Waals surface area contributed by atoms with Crippen LogP contribution in [0, 0.1) is 0 Å². The molecule has 2 aromatic carbocycles. The third kappa shape index (κ3) is 5.93. The van der Waals surface area contributed by atoms with Crippen LogP contribution in [0.5, 0.6) is 0 Å². The first-order valence-electron chi connectivity index (χ1n) is 11.6. The lowest BCUT2D eigenvalue weighted by Crippen LogP contribution is -2.27. The van der Waals surface area contributed by atoms with Gasteiger partial charge in [-0.25, -0.2) is 23.5 Å². The second-order valence-electron chi connectivity index (χ2n) is 8.92. The Bertz CT molecular complexity index is 1440. The summed E-state index contributed by atoms with van der Waals surface area (Å²) < 4.78 is 56.8. The Morgan fingerprint density at radius 1 is 1.00 bits per heavy atom. The number of aromatic nitrogens is 6. The molecular weight excluding hydrogens is 512 g/mol. The molecule has 0 N–H and O–H groups in total. The van der Waals surface area contributed by atoms with Crippen molar-refractivity contribution in [2.24, 2.45) is 0 Å². The van der Waals surface area contributed by atoms with Crippen molar-refractivity contribution in [2.45, 2.75) is 58.5 Å². The second kappa shape index (κ2) is 10.5. The van der Waals surface area contributed by atoms with E-state index in [0.717, 1.165) is 14.8 Å². The molecule has 7 nitrogen and oxygen atoms in total. The van der Waals surface area contributed by atoms with Crippen molar-refractivity contribution in [3.8, 4) is 17.1 Å². The molecule has 0 aliphatic heterocycles. The van der Waals surface area contributed by atoms with Crippen LogP contribution in [0.1, 0.15) is 56.5 Å². The summed E-state index contributed by atoms with van der Waals surface area (Å²) in [6.45, 7) is 4.46.